The Morgan fingerprint density at radius 2 is 1.89 bits per heavy atom. The van der Waals surface area contributed by atoms with E-state index in [0.29, 0.717) is 12.5 Å². The molecule has 0 spiro atoms. The molecule has 1 heterocycles. The van der Waals surface area contributed by atoms with Crippen molar-refractivity contribution in [2.24, 2.45) is 5.92 Å². The number of piperidine rings is 1. The molecule has 3 nitrogen and oxygen atoms in total. The lowest BCUT2D eigenvalue weighted by atomic mass is 9.97. The summed E-state index contributed by atoms with van der Waals surface area (Å²) < 4.78 is 0. The van der Waals surface area contributed by atoms with Crippen LogP contribution < -0.4 is 10.2 Å². The average Bonchev–Trinajstić information content (AvgIpc) is 2.48. The highest BCUT2D eigenvalue weighted by molar-refractivity contribution is 5.47. The van der Waals surface area contributed by atoms with Gasteiger partial charge in [0.25, 0.3) is 0 Å². The van der Waals surface area contributed by atoms with E-state index in [1.54, 1.807) is 0 Å². The minimum atomic E-state index is 0.343. The van der Waals surface area contributed by atoms with Gasteiger partial charge < -0.3 is 15.3 Å². The fourth-order valence-corrected chi connectivity index (χ4v) is 2.61. The van der Waals surface area contributed by atoms with Crippen molar-refractivity contribution in [2.45, 2.75) is 32.7 Å². The molecule has 2 N–H and O–H groups in total. The smallest absolute Gasteiger partial charge is 0.0460 e. The lowest BCUT2D eigenvalue weighted by molar-refractivity contribution is 0.203. The van der Waals surface area contributed by atoms with Crippen molar-refractivity contribution < 1.29 is 5.11 Å². The molecule has 1 aliphatic rings. The van der Waals surface area contributed by atoms with Crippen LogP contribution in [0.2, 0.25) is 0 Å². The molecule has 1 fully saturated rings. The summed E-state index contributed by atoms with van der Waals surface area (Å²) in [4.78, 5) is 2.43. The van der Waals surface area contributed by atoms with E-state index >= 15 is 0 Å². The third kappa shape index (κ3) is 4.22. The van der Waals surface area contributed by atoms with Crippen LogP contribution in [0.3, 0.4) is 0 Å². The monoisotopic (exact) mass is 262 g/mol. The van der Waals surface area contributed by atoms with Gasteiger partial charge in [-0.05, 0) is 49.4 Å². The van der Waals surface area contributed by atoms with E-state index in [1.807, 2.05) is 0 Å². The summed E-state index contributed by atoms with van der Waals surface area (Å²) in [7, 11) is 0. The van der Waals surface area contributed by atoms with Crippen molar-refractivity contribution in [1.29, 1.82) is 0 Å². The number of benzene rings is 1. The minimum Gasteiger partial charge on any atom is -0.396 e. The standard InChI is InChI=1S/C16H26N2O/c1-2-9-17-12-14-3-5-16(6-4-14)18-10-7-15(13-19)8-11-18/h3-6,15,17,19H,2,7-13H2,1H3. The number of anilines is 1. The summed E-state index contributed by atoms with van der Waals surface area (Å²) in [5, 5.41) is 12.6. The van der Waals surface area contributed by atoms with E-state index in [4.69, 9.17) is 5.11 Å². The highest BCUT2D eigenvalue weighted by atomic mass is 16.3. The number of nitrogens with zero attached hydrogens (tertiary/aromatic N) is 1. The molecule has 0 aliphatic carbocycles. The average molecular weight is 262 g/mol. The van der Waals surface area contributed by atoms with Crippen LogP contribution in [0.4, 0.5) is 5.69 Å². The van der Waals surface area contributed by atoms with E-state index in [1.165, 1.54) is 17.7 Å². The highest BCUT2D eigenvalue weighted by Crippen LogP contribution is 2.23. The van der Waals surface area contributed by atoms with E-state index in [-0.39, 0.29) is 0 Å². The van der Waals surface area contributed by atoms with Gasteiger partial charge in [0.05, 0.1) is 0 Å². The van der Waals surface area contributed by atoms with Gasteiger partial charge in [-0.1, -0.05) is 19.1 Å². The zero-order chi connectivity index (χ0) is 13.5. The maximum absolute atomic E-state index is 9.16. The van der Waals surface area contributed by atoms with Gasteiger partial charge in [0.2, 0.25) is 0 Å². The molecular formula is C16H26N2O. The molecule has 0 amide bonds. The molecule has 106 valence electrons. The quantitative estimate of drug-likeness (QED) is 0.773. The molecular weight excluding hydrogens is 236 g/mol. The molecule has 0 atom stereocenters. The Kier molecular flexibility index (Phi) is 5.67. The van der Waals surface area contributed by atoms with E-state index in [2.05, 4.69) is 41.4 Å². The second kappa shape index (κ2) is 7.51. The molecule has 19 heavy (non-hydrogen) atoms. The van der Waals surface area contributed by atoms with Crippen LogP contribution in [0.1, 0.15) is 31.7 Å². The first-order valence-corrected chi connectivity index (χ1v) is 7.49. The van der Waals surface area contributed by atoms with Gasteiger partial charge in [-0.15, -0.1) is 0 Å². The molecule has 1 aromatic carbocycles. The van der Waals surface area contributed by atoms with E-state index in [9.17, 15) is 0 Å². The van der Waals surface area contributed by atoms with Crippen LogP contribution in [0, 0.1) is 5.92 Å². The van der Waals surface area contributed by atoms with Crippen molar-refractivity contribution in [3.05, 3.63) is 29.8 Å². The Hall–Kier alpha value is -1.06. The number of hydrogen-bond donors (Lipinski definition) is 2. The predicted molar refractivity (Wildman–Crippen MR) is 80.5 cm³/mol. The van der Waals surface area contributed by atoms with Gasteiger partial charge in [-0.25, -0.2) is 0 Å². The minimum absolute atomic E-state index is 0.343. The van der Waals surface area contributed by atoms with Crippen LogP contribution in [0.5, 0.6) is 0 Å². The summed E-state index contributed by atoms with van der Waals surface area (Å²) in [6.07, 6.45) is 3.39. The number of aliphatic hydroxyl groups excluding tert-OH is 1. The number of rotatable bonds is 6. The lowest BCUT2D eigenvalue weighted by Gasteiger charge is -2.33. The van der Waals surface area contributed by atoms with Crippen LogP contribution in [0.15, 0.2) is 24.3 Å². The zero-order valence-electron chi connectivity index (χ0n) is 11.9. The molecule has 2 rings (SSSR count). The fraction of sp³-hybridized carbons (Fsp3) is 0.625. The second-order valence-corrected chi connectivity index (χ2v) is 5.46. The van der Waals surface area contributed by atoms with Crippen molar-refractivity contribution >= 4 is 5.69 Å². The van der Waals surface area contributed by atoms with Crippen molar-refractivity contribution in [3.63, 3.8) is 0 Å². The maximum Gasteiger partial charge on any atom is 0.0460 e. The van der Waals surface area contributed by atoms with Crippen LogP contribution in [-0.2, 0) is 6.54 Å². The Morgan fingerprint density at radius 3 is 2.47 bits per heavy atom. The first-order valence-electron chi connectivity index (χ1n) is 7.49. The van der Waals surface area contributed by atoms with Gasteiger partial charge in [0, 0.05) is 31.9 Å². The van der Waals surface area contributed by atoms with Gasteiger partial charge in [-0.2, -0.15) is 0 Å². The molecule has 0 bridgehead atoms. The Morgan fingerprint density at radius 1 is 1.21 bits per heavy atom. The zero-order valence-corrected chi connectivity index (χ0v) is 11.9. The molecule has 0 radical (unpaired) electrons. The summed E-state index contributed by atoms with van der Waals surface area (Å²) in [5.41, 5.74) is 2.66. The molecule has 3 heteroatoms. The van der Waals surface area contributed by atoms with Gasteiger partial charge in [0.15, 0.2) is 0 Å². The van der Waals surface area contributed by atoms with Crippen molar-refractivity contribution in [3.8, 4) is 0 Å². The van der Waals surface area contributed by atoms with Crippen LogP contribution >= 0.6 is 0 Å². The first kappa shape index (κ1) is 14.4. The molecule has 1 aromatic rings. The molecule has 0 saturated carbocycles. The van der Waals surface area contributed by atoms with Crippen LogP contribution in [-0.4, -0.2) is 31.3 Å². The summed E-state index contributed by atoms with van der Waals surface area (Å²) in [6.45, 7) is 6.70. The molecule has 0 unspecified atom stereocenters. The van der Waals surface area contributed by atoms with Gasteiger partial charge in [0.1, 0.15) is 0 Å². The largest absolute Gasteiger partial charge is 0.396 e. The normalized spacial score (nSPS) is 16.8. The second-order valence-electron chi connectivity index (χ2n) is 5.46. The number of hydrogen-bond acceptors (Lipinski definition) is 3. The topological polar surface area (TPSA) is 35.5 Å². The fourth-order valence-electron chi connectivity index (χ4n) is 2.61. The summed E-state index contributed by atoms with van der Waals surface area (Å²) >= 11 is 0. The third-order valence-corrected chi connectivity index (χ3v) is 3.93. The highest BCUT2D eigenvalue weighted by Gasteiger charge is 2.18. The molecule has 0 aromatic heterocycles. The van der Waals surface area contributed by atoms with Crippen molar-refractivity contribution in [2.75, 3.05) is 31.1 Å². The molecule has 1 saturated heterocycles. The van der Waals surface area contributed by atoms with Crippen LogP contribution in [0.25, 0.3) is 0 Å². The number of nitrogens with one attached hydrogen (secondary N) is 1. The Labute approximate surface area is 116 Å². The Balaban J connectivity index is 1.84. The maximum atomic E-state index is 9.16. The molecule has 1 aliphatic heterocycles. The van der Waals surface area contributed by atoms with E-state index < -0.39 is 0 Å². The third-order valence-electron chi connectivity index (χ3n) is 3.93. The lowest BCUT2D eigenvalue weighted by Crippen LogP contribution is -2.34. The van der Waals surface area contributed by atoms with Gasteiger partial charge in [-0.3, -0.25) is 0 Å². The predicted octanol–water partition coefficient (Wildman–Crippen LogP) is 2.39. The first-order chi connectivity index (χ1) is 9.33. The Bertz CT molecular complexity index is 356. The summed E-state index contributed by atoms with van der Waals surface area (Å²) in [5.74, 6) is 0.508. The van der Waals surface area contributed by atoms with Crippen molar-refractivity contribution in [1.82, 2.24) is 5.32 Å². The summed E-state index contributed by atoms with van der Waals surface area (Å²) in [6, 6.07) is 8.89. The SMILES string of the molecule is CCCNCc1ccc(N2CCC(CO)CC2)cc1. The van der Waals surface area contributed by atoms with E-state index in [0.717, 1.165) is 39.0 Å². The van der Waals surface area contributed by atoms with Gasteiger partial charge >= 0.3 is 0 Å². The number of aliphatic hydroxyl groups is 1.